The van der Waals surface area contributed by atoms with Crippen molar-refractivity contribution >= 4 is 37.9 Å². The van der Waals surface area contributed by atoms with Crippen LogP contribution in [0, 0.1) is 5.41 Å². The zero-order chi connectivity index (χ0) is 14.3. The molecule has 0 atom stereocenters. The highest BCUT2D eigenvalue weighted by atomic mass is 35.5. The second kappa shape index (κ2) is 5.05. The Morgan fingerprint density at radius 3 is 2.84 bits per heavy atom. The number of nitrogens with zero attached hydrogens (tertiary/aromatic N) is 2. The summed E-state index contributed by atoms with van der Waals surface area (Å²) in [5, 5.41) is 1.79. The molecule has 2 aromatic rings. The average Bonchev–Trinajstić information content (AvgIpc) is 2.86. The number of nitrogens with one attached hydrogen (secondary N) is 1. The Morgan fingerprint density at radius 1 is 1.53 bits per heavy atom. The fourth-order valence-corrected chi connectivity index (χ4v) is 4.15. The highest BCUT2D eigenvalue weighted by Gasteiger charge is 2.27. The summed E-state index contributed by atoms with van der Waals surface area (Å²) in [6.45, 7) is 6.40. The summed E-state index contributed by atoms with van der Waals surface area (Å²) in [7, 11) is -3.66. The van der Waals surface area contributed by atoms with E-state index in [4.69, 9.17) is 11.6 Å². The van der Waals surface area contributed by atoms with Gasteiger partial charge in [-0.05, 0) is 11.8 Å². The summed E-state index contributed by atoms with van der Waals surface area (Å²) >= 11 is 7.27. The van der Waals surface area contributed by atoms with Crippen LogP contribution in [0.2, 0.25) is 5.15 Å². The van der Waals surface area contributed by atoms with Gasteiger partial charge in [0.05, 0.1) is 0 Å². The Bertz CT molecular complexity index is 688. The van der Waals surface area contributed by atoms with E-state index in [2.05, 4.69) is 9.71 Å². The smallest absolute Gasteiger partial charge is 0.259 e. The molecule has 0 aliphatic rings. The van der Waals surface area contributed by atoms with Gasteiger partial charge in [-0.3, -0.25) is 4.40 Å². The minimum atomic E-state index is -3.66. The number of sulfonamides is 1. The maximum absolute atomic E-state index is 12.3. The largest absolute Gasteiger partial charge is 0.279 e. The zero-order valence-corrected chi connectivity index (χ0v) is 13.4. The number of aromatic nitrogens is 2. The maximum Gasteiger partial charge on any atom is 0.259 e. The van der Waals surface area contributed by atoms with Crippen molar-refractivity contribution in [2.24, 2.45) is 5.41 Å². The predicted octanol–water partition coefficient (Wildman–Crippen LogP) is 2.76. The van der Waals surface area contributed by atoms with E-state index >= 15 is 0 Å². The van der Waals surface area contributed by atoms with Crippen LogP contribution >= 0.6 is 22.9 Å². The molecule has 8 heteroatoms. The van der Waals surface area contributed by atoms with Gasteiger partial charge in [-0.15, -0.1) is 11.3 Å². The lowest BCUT2D eigenvalue weighted by Gasteiger charge is -2.22. The second-order valence-corrected chi connectivity index (χ2v) is 8.02. The average molecular weight is 322 g/mol. The standard InChI is InChI=1S/C11H16ClN3O2S2/c1-4-11(2,3)7-13-19(16,17)9-8(12)14-10-15(9)5-6-18-10/h5-6,13H,4,7H2,1-3H3. The Morgan fingerprint density at radius 2 is 2.21 bits per heavy atom. The van der Waals surface area contributed by atoms with Crippen molar-refractivity contribution in [2.45, 2.75) is 32.2 Å². The Labute approximate surface area is 121 Å². The molecule has 2 heterocycles. The molecular weight excluding hydrogens is 306 g/mol. The number of fused-ring (bicyclic) bond motifs is 1. The van der Waals surface area contributed by atoms with Gasteiger partial charge in [0, 0.05) is 18.1 Å². The zero-order valence-electron chi connectivity index (χ0n) is 11.0. The van der Waals surface area contributed by atoms with Crippen LogP contribution in [0.1, 0.15) is 27.2 Å². The van der Waals surface area contributed by atoms with Gasteiger partial charge in [-0.1, -0.05) is 32.4 Å². The van der Waals surface area contributed by atoms with Crippen molar-refractivity contribution in [3.63, 3.8) is 0 Å². The van der Waals surface area contributed by atoms with Crippen LogP contribution in [0.15, 0.2) is 16.6 Å². The lowest BCUT2D eigenvalue weighted by atomic mass is 9.91. The van der Waals surface area contributed by atoms with Crippen LogP contribution in [-0.4, -0.2) is 24.3 Å². The molecular formula is C11H16ClN3O2S2. The molecule has 0 aromatic carbocycles. The quantitative estimate of drug-likeness (QED) is 0.921. The fourth-order valence-electron chi connectivity index (χ4n) is 1.46. The Hall–Kier alpha value is -0.630. The van der Waals surface area contributed by atoms with Crippen LogP contribution in [0.5, 0.6) is 0 Å². The van der Waals surface area contributed by atoms with Gasteiger partial charge < -0.3 is 0 Å². The molecule has 0 aliphatic carbocycles. The lowest BCUT2D eigenvalue weighted by Crippen LogP contribution is -2.34. The monoisotopic (exact) mass is 321 g/mol. The number of halogens is 1. The maximum atomic E-state index is 12.3. The summed E-state index contributed by atoms with van der Waals surface area (Å²) in [5.41, 5.74) is -0.0992. The Kier molecular flexibility index (Phi) is 3.92. The third-order valence-electron chi connectivity index (χ3n) is 3.13. The van der Waals surface area contributed by atoms with E-state index in [9.17, 15) is 8.42 Å². The third kappa shape index (κ3) is 2.94. The van der Waals surface area contributed by atoms with Crippen LogP contribution in [-0.2, 0) is 10.0 Å². The van der Waals surface area contributed by atoms with Gasteiger partial charge in [0.25, 0.3) is 10.0 Å². The van der Waals surface area contributed by atoms with Crippen LogP contribution in [0.4, 0.5) is 0 Å². The van der Waals surface area contributed by atoms with E-state index in [1.165, 1.54) is 15.7 Å². The lowest BCUT2D eigenvalue weighted by molar-refractivity contribution is 0.350. The van der Waals surface area contributed by atoms with E-state index in [-0.39, 0.29) is 15.6 Å². The van der Waals surface area contributed by atoms with Crippen molar-refractivity contribution in [1.82, 2.24) is 14.1 Å². The molecule has 0 spiro atoms. The van der Waals surface area contributed by atoms with Gasteiger partial charge in [0.15, 0.2) is 15.1 Å². The van der Waals surface area contributed by atoms with Crippen molar-refractivity contribution in [3.8, 4) is 0 Å². The van der Waals surface area contributed by atoms with Crippen molar-refractivity contribution < 1.29 is 8.42 Å². The topological polar surface area (TPSA) is 63.5 Å². The van der Waals surface area contributed by atoms with Crippen molar-refractivity contribution in [1.29, 1.82) is 0 Å². The summed E-state index contributed by atoms with van der Waals surface area (Å²) in [6.07, 6.45) is 2.53. The number of hydrogen-bond donors (Lipinski definition) is 1. The van der Waals surface area contributed by atoms with E-state index in [1.54, 1.807) is 11.6 Å². The highest BCUT2D eigenvalue weighted by Crippen LogP contribution is 2.26. The highest BCUT2D eigenvalue weighted by molar-refractivity contribution is 7.89. The predicted molar refractivity (Wildman–Crippen MR) is 77.3 cm³/mol. The molecule has 0 bridgehead atoms. The second-order valence-electron chi connectivity index (χ2n) is 5.11. The third-order valence-corrected chi connectivity index (χ3v) is 5.69. The van der Waals surface area contributed by atoms with Crippen molar-refractivity contribution in [3.05, 3.63) is 16.7 Å². The molecule has 0 amide bonds. The summed E-state index contributed by atoms with van der Waals surface area (Å²) < 4.78 is 28.8. The molecule has 0 fully saturated rings. The first-order valence-electron chi connectivity index (χ1n) is 5.87. The molecule has 2 rings (SSSR count). The molecule has 5 nitrogen and oxygen atoms in total. The molecule has 19 heavy (non-hydrogen) atoms. The van der Waals surface area contributed by atoms with Crippen LogP contribution < -0.4 is 4.72 Å². The number of imidazole rings is 1. The molecule has 0 saturated carbocycles. The van der Waals surface area contributed by atoms with E-state index in [1.807, 2.05) is 20.8 Å². The summed E-state index contributed by atoms with van der Waals surface area (Å²) in [4.78, 5) is 4.60. The summed E-state index contributed by atoms with van der Waals surface area (Å²) in [5.74, 6) is 0. The molecule has 0 aliphatic heterocycles. The molecule has 106 valence electrons. The summed E-state index contributed by atoms with van der Waals surface area (Å²) in [6, 6.07) is 0. The van der Waals surface area contributed by atoms with Crippen LogP contribution in [0.3, 0.4) is 0 Å². The van der Waals surface area contributed by atoms with Gasteiger partial charge >= 0.3 is 0 Å². The van der Waals surface area contributed by atoms with E-state index in [0.717, 1.165) is 6.42 Å². The van der Waals surface area contributed by atoms with E-state index < -0.39 is 10.0 Å². The van der Waals surface area contributed by atoms with Gasteiger partial charge in [0.2, 0.25) is 0 Å². The first-order chi connectivity index (χ1) is 8.77. The molecule has 0 unspecified atom stereocenters. The number of hydrogen-bond acceptors (Lipinski definition) is 4. The SMILES string of the molecule is CCC(C)(C)CNS(=O)(=O)c1c(Cl)nc2sccn12. The van der Waals surface area contributed by atoms with Gasteiger partial charge in [0.1, 0.15) is 0 Å². The van der Waals surface area contributed by atoms with Gasteiger partial charge in [-0.2, -0.15) is 0 Å². The van der Waals surface area contributed by atoms with Crippen LogP contribution in [0.25, 0.3) is 4.96 Å². The first-order valence-corrected chi connectivity index (χ1v) is 8.61. The van der Waals surface area contributed by atoms with Crippen molar-refractivity contribution in [2.75, 3.05) is 6.54 Å². The molecule has 1 N–H and O–H groups in total. The molecule has 0 saturated heterocycles. The molecule has 0 radical (unpaired) electrons. The number of rotatable bonds is 5. The minimum absolute atomic E-state index is 0.00801. The fraction of sp³-hybridized carbons (Fsp3) is 0.545. The minimum Gasteiger partial charge on any atom is -0.279 e. The first kappa shape index (κ1) is 14.8. The molecule has 2 aromatic heterocycles. The Balaban J connectivity index is 2.34. The van der Waals surface area contributed by atoms with Gasteiger partial charge in [-0.25, -0.2) is 18.1 Å². The normalized spacial score (nSPS) is 13.3. The van der Waals surface area contributed by atoms with E-state index in [0.29, 0.717) is 11.5 Å². The number of thiazole rings is 1.